The number of amides is 2. The predicted octanol–water partition coefficient (Wildman–Crippen LogP) is 5.81. The van der Waals surface area contributed by atoms with Crippen LogP contribution in [0.25, 0.3) is 0 Å². The number of ether oxygens (including phenoxy) is 2. The number of anilines is 1. The zero-order valence-corrected chi connectivity index (χ0v) is 24.1. The molecule has 1 atom stereocenters. The van der Waals surface area contributed by atoms with Gasteiger partial charge < -0.3 is 14.4 Å². The summed E-state index contributed by atoms with van der Waals surface area (Å²) in [6.07, 6.45) is 6.56. The molecule has 2 aliphatic heterocycles. The first-order chi connectivity index (χ1) is 17.4. The van der Waals surface area contributed by atoms with Gasteiger partial charge >= 0.3 is 12.2 Å². The zero-order valence-electron chi connectivity index (χ0n) is 24.1. The largest absolute Gasteiger partial charge is 0.444 e. The molecule has 2 aliphatic rings. The number of unbranched alkanes of at least 4 members (excludes halogenated alkanes) is 2. The lowest BCUT2D eigenvalue weighted by molar-refractivity contribution is 0.0279. The molecule has 1 saturated heterocycles. The second-order valence-corrected chi connectivity index (χ2v) is 12.3. The second kappa shape index (κ2) is 12.5. The lowest BCUT2D eigenvalue weighted by Gasteiger charge is -2.31. The number of nitrogens with zero attached hydrogens (tertiary/aromatic N) is 4. The summed E-state index contributed by atoms with van der Waals surface area (Å²) in [4.78, 5) is 36.1. The van der Waals surface area contributed by atoms with E-state index in [-0.39, 0.29) is 12.2 Å². The highest BCUT2D eigenvalue weighted by Crippen LogP contribution is 2.27. The van der Waals surface area contributed by atoms with Crippen molar-refractivity contribution in [3.05, 3.63) is 23.4 Å². The topological polar surface area (TPSA) is 75.2 Å². The molecule has 2 amide bonds. The van der Waals surface area contributed by atoms with E-state index in [1.165, 1.54) is 0 Å². The highest BCUT2D eigenvalue weighted by atomic mass is 16.6. The van der Waals surface area contributed by atoms with E-state index in [4.69, 9.17) is 14.5 Å². The lowest BCUT2D eigenvalue weighted by atomic mass is 10.0. The van der Waals surface area contributed by atoms with Crippen molar-refractivity contribution in [1.29, 1.82) is 0 Å². The first kappa shape index (κ1) is 29.2. The van der Waals surface area contributed by atoms with E-state index < -0.39 is 11.2 Å². The molecule has 8 heteroatoms. The highest BCUT2D eigenvalue weighted by molar-refractivity contribution is 5.88. The fraction of sp³-hybridized carbons (Fsp3) is 0.759. The van der Waals surface area contributed by atoms with Gasteiger partial charge in [-0.3, -0.25) is 9.80 Å². The monoisotopic (exact) mass is 516 g/mol. The van der Waals surface area contributed by atoms with Crippen LogP contribution in [0.2, 0.25) is 0 Å². The number of hydrogen-bond acceptors (Lipinski definition) is 6. The third-order valence-corrected chi connectivity index (χ3v) is 6.83. The Kier molecular flexibility index (Phi) is 9.84. The molecule has 208 valence electrons. The van der Waals surface area contributed by atoms with E-state index in [1.54, 1.807) is 4.90 Å². The Labute approximate surface area is 223 Å². The summed E-state index contributed by atoms with van der Waals surface area (Å²) < 4.78 is 11.2. The van der Waals surface area contributed by atoms with Crippen molar-refractivity contribution in [1.82, 2.24) is 14.8 Å². The van der Waals surface area contributed by atoms with Crippen molar-refractivity contribution in [3.63, 3.8) is 0 Å². The zero-order chi connectivity index (χ0) is 27.2. The molecular weight excluding hydrogens is 468 g/mol. The van der Waals surface area contributed by atoms with Crippen LogP contribution in [0.15, 0.2) is 12.1 Å². The van der Waals surface area contributed by atoms with Gasteiger partial charge in [0.25, 0.3) is 0 Å². The summed E-state index contributed by atoms with van der Waals surface area (Å²) in [5, 5.41) is 0. The molecule has 3 heterocycles. The van der Waals surface area contributed by atoms with Crippen LogP contribution in [0.3, 0.4) is 0 Å². The summed E-state index contributed by atoms with van der Waals surface area (Å²) in [5.41, 5.74) is 1.17. The molecule has 1 aromatic heterocycles. The van der Waals surface area contributed by atoms with Crippen molar-refractivity contribution >= 4 is 18.0 Å². The minimum atomic E-state index is -0.523. The minimum Gasteiger partial charge on any atom is -0.444 e. The van der Waals surface area contributed by atoms with E-state index in [2.05, 4.69) is 24.0 Å². The van der Waals surface area contributed by atoms with Crippen molar-refractivity contribution < 1.29 is 19.1 Å². The van der Waals surface area contributed by atoms with Gasteiger partial charge in [0.2, 0.25) is 0 Å². The normalized spacial score (nSPS) is 18.2. The Morgan fingerprint density at radius 1 is 1.00 bits per heavy atom. The molecule has 0 aromatic carbocycles. The fourth-order valence-corrected chi connectivity index (χ4v) is 5.04. The van der Waals surface area contributed by atoms with Gasteiger partial charge in [-0.25, -0.2) is 14.6 Å². The summed E-state index contributed by atoms with van der Waals surface area (Å²) in [5.74, 6) is 0.769. The quantitative estimate of drug-likeness (QED) is 0.406. The average molecular weight is 517 g/mol. The lowest BCUT2D eigenvalue weighted by Crippen LogP contribution is -2.40. The number of fused-ring (bicyclic) bond motifs is 1. The van der Waals surface area contributed by atoms with Crippen LogP contribution in [0.1, 0.15) is 91.8 Å². The third kappa shape index (κ3) is 8.87. The van der Waals surface area contributed by atoms with Gasteiger partial charge in [-0.1, -0.05) is 19.4 Å². The van der Waals surface area contributed by atoms with E-state index >= 15 is 0 Å². The van der Waals surface area contributed by atoms with Crippen LogP contribution in [0.5, 0.6) is 0 Å². The first-order valence-corrected chi connectivity index (χ1v) is 14.1. The number of pyridine rings is 1. The Bertz CT molecular complexity index is 921. The molecule has 0 unspecified atom stereocenters. The van der Waals surface area contributed by atoms with Gasteiger partial charge in [0.05, 0.1) is 0 Å². The molecule has 0 spiro atoms. The SMILES string of the molecule is CCN(CCCCCc1ccc2c(n1)N(C(=O)OC(C)(C)C)CCC2)[C@@H]1CCN(C(=O)OC(C)(C)C)C1. The molecule has 37 heavy (non-hydrogen) atoms. The smallest absolute Gasteiger partial charge is 0.416 e. The van der Waals surface area contributed by atoms with Crippen molar-refractivity contribution in [2.75, 3.05) is 37.6 Å². The molecule has 0 bridgehead atoms. The molecule has 0 radical (unpaired) electrons. The minimum absolute atomic E-state index is 0.200. The highest BCUT2D eigenvalue weighted by Gasteiger charge is 2.32. The van der Waals surface area contributed by atoms with E-state index in [0.717, 1.165) is 88.2 Å². The molecule has 3 rings (SSSR count). The summed E-state index contributed by atoms with van der Waals surface area (Å²) in [6.45, 7) is 17.8. The maximum atomic E-state index is 12.7. The molecular formula is C29H48N4O4. The number of aryl methyl sites for hydroxylation is 2. The van der Waals surface area contributed by atoms with Crippen LogP contribution >= 0.6 is 0 Å². The average Bonchev–Trinajstić information content (AvgIpc) is 3.29. The summed E-state index contributed by atoms with van der Waals surface area (Å²) in [6, 6.07) is 4.64. The van der Waals surface area contributed by atoms with Crippen LogP contribution < -0.4 is 4.90 Å². The fourth-order valence-electron chi connectivity index (χ4n) is 5.04. The van der Waals surface area contributed by atoms with Crippen LogP contribution in [0.4, 0.5) is 15.4 Å². The summed E-state index contributed by atoms with van der Waals surface area (Å²) in [7, 11) is 0. The third-order valence-electron chi connectivity index (χ3n) is 6.83. The van der Waals surface area contributed by atoms with E-state index in [9.17, 15) is 9.59 Å². The van der Waals surface area contributed by atoms with Gasteiger partial charge in [-0.05, 0) is 105 Å². The number of likely N-dealkylation sites (tertiary alicyclic amines) is 1. The number of hydrogen-bond donors (Lipinski definition) is 0. The second-order valence-electron chi connectivity index (χ2n) is 12.3. The van der Waals surface area contributed by atoms with E-state index in [0.29, 0.717) is 12.6 Å². The van der Waals surface area contributed by atoms with Gasteiger partial charge in [0, 0.05) is 31.4 Å². The van der Waals surface area contributed by atoms with Crippen molar-refractivity contribution in [2.24, 2.45) is 0 Å². The number of rotatable bonds is 8. The Hall–Kier alpha value is -2.35. The predicted molar refractivity (Wildman–Crippen MR) is 147 cm³/mol. The molecule has 0 N–H and O–H groups in total. The standard InChI is InChI=1S/C29H48N4O4/c1-8-31(24-17-20-32(21-24)26(34)36-28(2,3)4)18-11-9-10-14-23-16-15-22-13-12-19-33(25(22)30-23)27(35)37-29(5,6)7/h15-16,24H,8-14,17-21H2,1-7H3/t24-/m1/s1. The van der Waals surface area contributed by atoms with Crippen LogP contribution in [0, 0.1) is 0 Å². The number of carbonyl (C=O) groups excluding carboxylic acids is 2. The Morgan fingerprint density at radius 3 is 2.38 bits per heavy atom. The van der Waals surface area contributed by atoms with E-state index in [1.807, 2.05) is 46.4 Å². The van der Waals surface area contributed by atoms with Gasteiger partial charge in [0.1, 0.15) is 17.0 Å². The molecule has 0 saturated carbocycles. The van der Waals surface area contributed by atoms with Crippen molar-refractivity contribution in [2.45, 2.75) is 111 Å². The van der Waals surface area contributed by atoms with Crippen molar-refractivity contribution in [3.8, 4) is 0 Å². The van der Waals surface area contributed by atoms with Crippen LogP contribution in [-0.2, 0) is 22.3 Å². The maximum Gasteiger partial charge on any atom is 0.416 e. The molecule has 8 nitrogen and oxygen atoms in total. The Balaban J connectivity index is 1.45. The molecule has 1 fully saturated rings. The first-order valence-electron chi connectivity index (χ1n) is 14.1. The number of carbonyl (C=O) groups is 2. The Morgan fingerprint density at radius 2 is 1.70 bits per heavy atom. The maximum absolute atomic E-state index is 12.7. The van der Waals surface area contributed by atoms with Crippen LogP contribution in [-0.4, -0.2) is 76.9 Å². The molecule has 0 aliphatic carbocycles. The van der Waals surface area contributed by atoms with Gasteiger partial charge in [-0.2, -0.15) is 0 Å². The summed E-state index contributed by atoms with van der Waals surface area (Å²) >= 11 is 0. The number of aromatic nitrogens is 1. The van der Waals surface area contributed by atoms with Gasteiger partial charge in [0.15, 0.2) is 0 Å². The number of likely N-dealkylation sites (N-methyl/N-ethyl adjacent to an activating group) is 1. The molecule has 1 aromatic rings. The van der Waals surface area contributed by atoms with Gasteiger partial charge in [-0.15, -0.1) is 0 Å².